The van der Waals surface area contributed by atoms with E-state index in [-0.39, 0.29) is 0 Å². The van der Waals surface area contributed by atoms with Gasteiger partial charge in [0.25, 0.3) is 0 Å². The fraction of sp³-hybridized carbons (Fsp3) is 0.0769. The first-order valence-electron chi connectivity index (χ1n) is 5.61. The Morgan fingerprint density at radius 2 is 1.70 bits per heavy atom. The highest BCUT2D eigenvalue weighted by Gasteiger charge is 2.32. The highest BCUT2D eigenvalue weighted by Crippen LogP contribution is 2.29. The second-order valence-electron chi connectivity index (χ2n) is 4.16. The van der Waals surface area contributed by atoms with Gasteiger partial charge in [0.2, 0.25) is 0 Å². The first-order valence-corrected chi connectivity index (χ1v) is 6.41. The number of rotatable bonds is 1. The van der Waals surface area contributed by atoms with Crippen molar-refractivity contribution in [3.8, 4) is 11.1 Å². The summed E-state index contributed by atoms with van der Waals surface area (Å²) in [6, 6.07) is 5.96. The minimum atomic E-state index is -4.42. The molecule has 0 aliphatic carbocycles. The maximum Gasteiger partial charge on any atom is 0.433 e. The molecule has 102 valence electrons. The van der Waals surface area contributed by atoms with E-state index in [2.05, 4.69) is 25.9 Å². The van der Waals surface area contributed by atoms with Gasteiger partial charge in [-0.15, -0.1) is 0 Å². The molecule has 0 N–H and O–H groups in total. The van der Waals surface area contributed by atoms with E-state index in [1.807, 2.05) is 0 Å². The Labute approximate surface area is 120 Å². The quantitative estimate of drug-likeness (QED) is 0.664. The average molecular weight is 342 g/mol. The Hall–Kier alpha value is -1.89. The van der Waals surface area contributed by atoms with Gasteiger partial charge in [-0.1, -0.05) is 6.07 Å². The Morgan fingerprint density at radius 3 is 2.35 bits per heavy atom. The maximum atomic E-state index is 12.5. The molecule has 0 saturated carbocycles. The zero-order valence-electron chi connectivity index (χ0n) is 9.89. The van der Waals surface area contributed by atoms with Crippen molar-refractivity contribution in [1.82, 2.24) is 14.4 Å². The van der Waals surface area contributed by atoms with E-state index in [1.165, 1.54) is 12.3 Å². The number of aromatic nitrogens is 3. The van der Waals surface area contributed by atoms with Crippen molar-refractivity contribution < 1.29 is 13.2 Å². The minimum Gasteiger partial charge on any atom is -0.294 e. The SMILES string of the molecule is FC(F)(F)c1ccc(-c2ccc3ncc(Br)n3c2)cn1. The predicted molar refractivity (Wildman–Crippen MR) is 71.1 cm³/mol. The third-order valence-corrected chi connectivity index (χ3v) is 3.43. The van der Waals surface area contributed by atoms with E-state index in [4.69, 9.17) is 0 Å². The van der Waals surface area contributed by atoms with Crippen LogP contribution >= 0.6 is 15.9 Å². The summed E-state index contributed by atoms with van der Waals surface area (Å²) in [5.74, 6) is 0. The molecule has 3 aromatic heterocycles. The fourth-order valence-electron chi connectivity index (χ4n) is 1.85. The van der Waals surface area contributed by atoms with Gasteiger partial charge in [-0.25, -0.2) is 4.98 Å². The first-order chi connectivity index (χ1) is 9.45. The van der Waals surface area contributed by atoms with Crippen molar-refractivity contribution >= 4 is 21.6 Å². The topological polar surface area (TPSA) is 30.2 Å². The molecule has 0 spiro atoms. The van der Waals surface area contributed by atoms with E-state index in [9.17, 15) is 13.2 Å². The normalized spacial score (nSPS) is 12.0. The Morgan fingerprint density at radius 1 is 0.950 bits per heavy atom. The van der Waals surface area contributed by atoms with Gasteiger partial charge in [0.15, 0.2) is 0 Å². The number of hydrogen-bond acceptors (Lipinski definition) is 2. The van der Waals surface area contributed by atoms with E-state index in [0.29, 0.717) is 5.56 Å². The van der Waals surface area contributed by atoms with Crippen molar-refractivity contribution in [3.05, 3.63) is 53.2 Å². The van der Waals surface area contributed by atoms with Crippen molar-refractivity contribution in [2.45, 2.75) is 6.18 Å². The van der Waals surface area contributed by atoms with Gasteiger partial charge in [-0.05, 0) is 34.1 Å². The molecule has 0 bridgehead atoms. The van der Waals surface area contributed by atoms with Crippen LogP contribution in [0.4, 0.5) is 13.2 Å². The van der Waals surface area contributed by atoms with Gasteiger partial charge >= 0.3 is 6.18 Å². The highest BCUT2D eigenvalue weighted by atomic mass is 79.9. The van der Waals surface area contributed by atoms with Crippen LogP contribution in [0.2, 0.25) is 0 Å². The summed E-state index contributed by atoms with van der Waals surface area (Å²) in [6.07, 6.45) is 0.242. The highest BCUT2D eigenvalue weighted by molar-refractivity contribution is 9.10. The molecule has 3 aromatic rings. The fourth-order valence-corrected chi connectivity index (χ4v) is 2.24. The Kier molecular flexibility index (Phi) is 3.01. The molecule has 0 atom stereocenters. The van der Waals surface area contributed by atoms with Crippen LogP contribution in [0.3, 0.4) is 0 Å². The number of halogens is 4. The zero-order valence-corrected chi connectivity index (χ0v) is 11.5. The lowest BCUT2D eigenvalue weighted by Crippen LogP contribution is -2.07. The Balaban J connectivity index is 2.04. The number of fused-ring (bicyclic) bond motifs is 1. The zero-order chi connectivity index (χ0) is 14.3. The van der Waals surface area contributed by atoms with Crippen molar-refractivity contribution in [2.75, 3.05) is 0 Å². The number of nitrogens with zero attached hydrogens (tertiary/aromatic N) is 3. The summed E-state index contributed by atoms with van der Waals surface area (Å²) >= 11 is 3.35. The van der Waals surface area contributed by atoms with Crippen LogP contribution in [-0.4, -0.2) is 14.4 Å². The van der Waals surface area contributed by atoms with Crippen LogP contribution in [0.25, 0.3) is 16.8 Å². The molecule has 0 unspecified atom stereocenters. The molecule has 0 aliphatic rings. The maximum absolute atomic E-state index is 12.5. The number of imidazole rings is 1. The molecular weight excluding hydrogens is 335 g/mol. The van der Waals surface area contributed by atoms with Gasteiger partial charge < -0.3 is 0 Å². The molecule has 0 aromatic carbocycles. The van der Waals surface area contributed by atoms with E-state index >= 15 is 0 Å². The van der Waals surface area contributed by atoms with Gasteiger partial charge in [-0.3, -0.25) is 9.38 Å². The summed E-state index contributed by atoms with van der Waals surface area (Å²) in [7, 11) is 0. The van der Waals surface area contributed by atoms with Crippen LogP contribution in [0.5, 0.6) is 0 Å². The minimum absolute atomic E-state index is 0.612. The summed E-state index contributed by atoms with van der Waals surface area (Å²) in [6.45, 7) is 0. The predicted octanol–water partition coefficient (Wildman–Crippen LogP) is 4.18. The molecule has 3 heterocycles. The van der Waals surface area contributed by atoms with Crippen LogP contribution in [0, 0.1) is 0 Å². The van der Waals surface area contributed by atoms with Crippen LogP contribution < -0.4 is 0 Å². The summed E-state index contributed by atoms with van der Waals surface area (Å²) < 4.78 is 40.0. The monoisotopic (exact) mass is 341 g/mol. The summed E-state index contributed by atoms with van der Waals surface area (Å²) in [5.41, 5.74) is 1.23. The molecule has 0 amide bonds. The largest absolute Gasteiger partial charge is 0.433 e. The first kappa shape index (κ1) is 13.1. The molecule has 0 radical (unpaired) electrons. The van der Waals surface area contributed by atoms with E-state index < -0.39 is 11.9 Å². The molecule has 3 rings (SSSR count). The summed E-state index contributed by atoms with van der Waals surface area (Å²) in [5, 5.41) is 0. The van der Waals surface area contributed by atoms with Crippen LogP contribution in [-0.2, 0) is 6.18 Å². The lowest BCUT2D eigenvalue weighted by atomic mass is 10.1. The number of alkyl halides is 3. The Bertz CT molecular complexity index is 763. The molecule has 20 heavy (non-hydrogen) atoms. The van der Waals surface area contributed by atoms with E-state index in [1.54, 1.807) is 28.9 Å². The van der Waals surface area contributed by atoms with E-state index in [0.717, 1.165) is 21.9 Å². The van der Waals surface area contributed by atoms with Crippen molar-refractivity contribution in [3.63, 3.8) is 0 Å². The number of pyridine rings is 2. The van der Waals surface area contributed by atoms with Gasteiger partial charge in [0.1, 0.15) is 15.9 Å². The van der Waals surface area contributed by atoms with Crippen molar-refractivity contribution in [2.24, 2.45) is 0 Å². The molecule has 0 saturated heterocycles. The lowest BCUT2D eigenvalue weighted by molar-refractivity contribution is -0.141. The number of hydrogen-bond donors (Lipinski definition) is 0. The standard InChI is InChI=1S/C13H7BrF3N3/c14-11-6-19-12-4-2-9(7-20(11)12)8-1-3-10(18-5-8)13(15,16)17/h1-7H. The van der Waals surface area contributed by atoms with Gasteiger partial charge in [0, 0.05) is 23.5 Å². The van der Waals surface area contributed by atoms with Gasteiger partial charge in [0.05, 0.1) is 6.20 Å². The smallest absolute Gasteiger partial charge is 0.294 e. The summed E-state index contributed by atoms with van der Waals surface area (Å²) in [4.78, 5) is 7.61. The van der Waals surface area contributed by atoms with Crippen molar-refractivity contribution in [1.29, 1.82) is 0 Å². The molecule has 0 fully saturated rings. The molecule has 7 heteroatoms. The average Bonchev–Trinajstić information content (AvgIpc) is 2.79. The molecular formula is C13H7BrF3N3. The molecule has 0 aliphatic heterocycles. The van der Waals surface area contributed by atoms with Crippen LogP contribution in [0.15, 0.2) is 47.5 Å². The lowest BCUT2D eigenvalue weighted by Gasteiger charge is -2.07. The third-order valence-electron chi connectivity index (χ3n) is 2.85. The van der Waals surface area contributed by atoms with Crippen LogP contribution in [0.1, 0.15) is 5.69 Å². The third kappa shape index (κ3) is 2.29. The van der Waals surface area contributed by atoms with Gasteiger partial charge in [-0.2, -0.15) is 13.2 Å². The second kappa shape index (κ2) is 4.59. The molecule has 3 nitrogen and oxygen atoms in total. The second-order valence-corrected chi connectivity index (χ2v) is 4.97.